The molecule has 0 aromatic heterocycles. The number of hydrogen-bond donors (Lipinski definition) is 0. The molecule has 1 aliphatic rings. The van der Waals surface area contributed by atoms with Gasteiger partial charge in [-0.1, -0.05) is 24.3 Å². The summed E-state index contributed by atoms with van der Waals surface area (Å²) in [5.74, 6) is 0.486. The molecule has 0 atom stereocenters. The molecule has 0 bridgehead atoms. The summed E-state index contributed by atoms with van der Waals surface area (Å²) in [6.07, 6.45) is 4.85. The molecule has 0 fully saturated rings. The number of carbonyl (C=O) groups is 1. The Morgan fingerprint density at radius 2 is 2.06 bits per heavy atom. The van der Waals surface area contributed by atoms with Gasteiger partial charge in [-0.3, -0.25) is 4.79 Å². The van der Waals surface area contributed by atoms with Crippen LogP contribution in [0, 0.1) is 0 Å². The van der Waals surface area contributed by atoms with Crippen LogP contribution >= 0.6 is 11.8 Å². The first-order valence-corrected chi connectivity index (χ1v) is 6.81. The van der Waals surface area contributed by atoms with E-state index in [2.05, 4.69) is 46.3 Å². The van der Waals surface area contributed by atoms with Crippen LogP contribution < -0.4 is 4.90 Å². The summed E-state index contributed by atoms with van der Waals surface area (Å²) in [4.78, 5) is 17.0. The normalized spacial score (nSPS) is 15.2. The fourth-order valence-electron chi connectivity index (χ4n) is 1.63. The van der Waals surface area contributed by atoms with E-state index in [-0.39, 0.29) is 5.91 Å². The number of amides is 1. The maximum Gasteiger partial charge on any atom is 0.256 e. The van der Waals surface area contributed by atoms with Crippen LogP contribution in [-0.2, 0) is 4.79 Å². The third-order valence-electron chi connectivity index (χ3n) is 2.62. The van der Waals surface area contributed by atoms with Gasteiger partial charge in [0.15, 0.2) is 0 Å². The number of nitrogens with zero attached hydrogens (tertiary/aromatic N) is 2. The molecular weight excluding hydrogens is 244 g/mol. The summed E-state index contributed by atoms with van der Waals surface area (Å²) in [5, 5.41) is 0.918. The molecule has 18 heavy (non-hydrogen) atoms. The number of rotatable bonds is 4. The van der Waals surface area contributed by atoms with Crippen LogP contribution in [0.4, 0.5) is 5.69 Å². The highest BCUT2D eigenvalue weighted by molar-refractivity contribution is 8.15. The van der Waals surface area contributed by atoms with Gasteiger partial charge in [0.2, 0.25) is 0 Å². The van der Waals surface area contributed by atoms with Gasteiger partial charge < -0.3 is 4.90 Å². The van der Waals surface area contributed by atoms with Crippen molar-refractivity contribution in [1.29, 1.82) is 0 Å². The van der Waals surface area contributed by atoms with Gasteiger partial charge in [-0.15, -0.1) is 11.8 Å². The quantitative estimate of drug-likeness (QED) is 0.834. The number of anilines is 1. The minimum atomic E-state index is -0.0151. The van der Waals surface area contributed by atoms with Gasteiger partial charge >= 0.3 is 0 Å². The molecular formula is C14H16N2OS. The van der Waals surface area contributed by atoms with E-state index in [0.717, 1.165) is 17.0 Å². The maximum atomic E-state index is 11.0. The van der Waals surface area contributed by atoms with E-state index in [4.69, 9.17) is 0 Å². The van der Waals surface area contributed by atoms with Crippen molar-refractivity contribution in [1.82, 2.24) is 0 Å². The average Bonchev–Trinajstić information content (AvgIpc) is 2.76. The molecule has 0 radical (unpaired) electrons. The van der Waals surface area contributed by atoms with Crippen molar-refractivity contribution in [3.63, 3.8) is 0 Å². The molecule has 2 rings (SSSR count). The van der Waals surface area contributed by atoms with Crippen LogP contribution in [0.15, 0.2) is 35.3 Å². The summed E-state index contributed by atoms with van der Waals surface area (Å²) in [7, 11) is 4.05. The standard InChI is InChI=1S/C14H16N2OS/c1-16(2)12-8-6-11(7-9-12)4-3-5-14-15-13(17)10-18-14/h3-4,6-9H,5,10H2,1-2H3/b4-3+. The maximum absolute atomic E-state index is 11.0. The largest absolute Gasteiger partial charge is 0.378 e. The Bertz CT molecular complexity index is 489. The van der Waals surface area contributed by atoms with E-state index in [1.165, 1.54) is 17.4 Å². The van der Waals surface area contributed by atoms with Crippen LogP contribution in [0.1, 0.15) is 12.0 Å². The number of aliphatic imine (C=N–C) groups is 1. The second-order valence-corrected chi connectivity index (χ2v) is 5.33. The molecule has 94 valence electrons. The average molecular weight is 260 g/mol. The Balaban J connectivity index is 1.93. The van der Waals surface area contributed by atoms with Gasteiger partial charge in [0.25, 0.3) is 5.91 Å². The second-order valence-electron chi connectivity index (χ2n) is 4.28. The molecule has 3 nitrogen and oxygen atoms in total. The van der Waals surface area contributed by atoms with E-state index in [9.17, 15) is 4.79 Å². The van der Waals surface area contributed by atoms with Gasteiger partial charge in [0.1, 0.15) is 0 Å². The lowest BCUT2D eigenvalue weighted by molar-refractivity contribution is -0.115. The van der Waals surface area contributed by atoms with Crippen LogP contribution in [-0.4, -0.2) is 30.8 Å². The Morgan fingerprint density at radius 3 is 2.61 bits per heavy atom. The Hall–Kier alpha value is -1.55. The smallest absolute Gasteiger partial charge is 0.256 e. The van der Waals surface area contributed by atoms with Gasteiger partial charge in [-0.25, -0.2) is 4.99 Å². The highest BCUT2D eigenvalue weighted by Gasteiger charge is 2.12. The third-order valence-corrected chi connectivity index (χ3v) is 3.61. The monoisotopic (exact) mass is 260 g/mol. The number of carbonyl (C=O) groups excluding carboxylic acids is 1. The Labute approximate surface area is 112 Å². The SMILES string of the molecule is CN(C)c1ccc(/C=C/CC2=NC(=O)CS2)cc1. The van der Waals surface area contributed by atoms with Crippen LogP contribution in [0.2, 0.25) is 0 Å². The van der Waals surface area contributed by atoms with Crippen LogP contribution in [0.5, 0.6) is 0 Å². The summed E-state index contributed by atoms with van der Waals surface area (Å²) >= 11 is 1.53. The van der Waals surface area contributed by atoms with Crippen LogP contribution in [0.3, 0.4) is 0 Å². The van der Waals surface area contributed by atoms with E-state index in [1.54, 1.807) is 0 Å². The van der Waals surface area contributed by atoms with Crippen molar-refractivity contribution in [2.45, 2.75) is 6.42 Å². The number of hydrogen-bond acceptors (Lipinski definition) is 3. The molecule has 0 unspecified atom stereocenters. The fraction of sp³-hybridized carbons (Fsp3) is 0.286. The second kappa shape index (κ2) is 5.87. The third kappa shape index (κ3) is 3.47. The first-order valence-electron chi connectivity index (χ1n) is 5.82. The molecule has 0 spiro atoms. The van der Waals surface area contributed by atoms with Crippen molar-refractivity contribution in [3.8, 4) is 0 Å². The van der Waals surface area contributed by atoms with Crippen molar-refractivity contribution < 1.29 is 4.79 Å². The number of benzene rings is 1. The predicted octanol–water partition coefficient (Wildman–Crippen LogP) is 2.83. The van der Waals surface area contributed by atoms with Crippen molar-refractivity contribution in [2.24, 2.45) is 4.99 Å². The molecule has 4 heteroatoms. The van der Waals surface area contributed by atoms with Gasteiger partial charge in [-0.05, 0) is 17.7 Å². The summed E-state index contributed by atoms with van der Waals surface area (Å²) in [5.41, 5.74) is 2.35. The molecule has 1 heterocycles. The minimum Gasteiger partial charge on any atom is -0.378 e. The zero-order chi connectivity index (χ0) is 13.0. The van der Waals surface area contributed by atoms with Crippen molar-refractivity contribution in [2.75, 3.05) is 24.7 Å². The highest BCUT2D eigenvalue weighted by atomic mass is 32.2. The molecule has 1 amide bonds. The molecule has 0 saturated heterocycles. The summed E-state index contributed by atoms with van der Waals surface area (Å²) in [6, 6.07) is 8.34. The van der Waals surface area contributed by atoms with Gasteiger partial charge in [0, 0.05) is 26.2 Å². The zero-order valence-corrected chi connectivity index (χ0v) is 11.4. The number of allylic oxidation sites excluding steroid dienone is 1. The van der Waals surface area contributed by atoms with E-state index < -0.39 is 0 Å². The first kappa shape index (κ1) is 12.9. The summed E-state index contributed by atoms with van der Waals surface area (Å²) in [6.45, 7) is 0. The molecule has 0 N–H and O–H groups in total. The molecule has 1 aliphatic heterocycles. The van der Waals surface area contributed by atoms with E-state index >= 15 is 0 Å². The van der Waals surface area contributed by atoms with E-state index in [1.807, 2.05) is 14.1 Å². The molecule has 0 aliphatic carbocycles. The number of thioether (sulfide) groups is 1. The lowest BCUT2D eigenvalue weighted by Gasteiger charge is -2.11. The molecule has 1 aromatic carbocycles. The Kier molecular flexibility index (Phi) is 4.20. The Morgan fingerprint density at radius 1 is 1.33 bits per heavy atom. The topological polar surface area (TPSA) is 32.7 Å². The lowest BCUT2D eigenvalue weighted by atomic mass is 10.2. The molecule has 1 aromatic rings. The fourth-order valence-corrected chi connectivity index (χ4v) is 2.37. The highest BCUT2D eigenvalue weighted by Crippen LogP contribution is 2.17. The van der Waals surface area contributed by atoms with Crippen molar-refractivity contribution >= 4 is 34.5 Å². The van der Waals surface area contributed by atoms with Gasteiger partial charge in [0.05, 0.1) is 10.8 Å². The van der Waals surface area contributed by atoms with Crippen molar-refractivity contribution in [3.05, 3.63) is 35.9 Å². The summed E-state index contributed by atoms with van der Waals surface area (Å²) < 4.78 is 0. The minimum absolute atomic E-state index is 0.0151. The first-order chi connectivity index (χ1) is 8.65. The van der Waals surface area contributed by atoms with E-state index in [0.29, 0.717) is 5.75 Å². The van der Waals surface area contributed by atoms with Crippen LogP contribution in [0.25, 0.3) is 6.08 Å². The lowest BCUT2D eigenvalue weighted by Crippen LogP contribution is -2.07. The van der Waals surface area contributed by atoms with Gasteiger partial charge in [-0.2, -0.15) is 0 Å². The zero-order valence-electron chi connectivity index (χ0n) is 10.6. The predicted molar refractivity (Wildman–Crippen MR) is 79.3 cm³/mol. The molecule has 0 saturated carbocycles.